The van der Waals surface area contributed by atoms with Gasteiger partial charge in [-0.15, -0.1) is 56.7 Å². The molecule has 0 bridgehead atoms. The zero-order valence-corrected chi connectivity index (χ0v) is 40.0. The molecule has 0 saturated carbocycles. The van der Waals surface area contributed by atoms with Crippen LogP contribution in [0.15, 0.2) is 32.7 Å². The normalized spacial score (nSPS) is 9.25. The topological polar surface area (TPSA) is 156 Å². The molecule has 5 heterocycles. The molecule has 5 rings (SSSR count). The van der Waals surface area contributed by atoms with Crippen LogP contribution in [0.2, 0.25) is 0 Å². The van der Waals surface area contributed by atoms with Crippen molar-refractivity contribution in [2.45, 2.75) is 34.6 Å². The van der Waals surface area contributed by atoms with Gasteiger partial charge in [0.25, 0.3) is 6.47 Å². The molecule has 0 spiro atoms. The molecule has 10 nitrogen and oxygen atoms in total. The number of fused-ring (bicyclic) bond motifs is 2. The first-order valence-electron chi connectivity index (χ1n) is 12.9. The number of carbonyl (C=O) groups is 5. The van der Waals surface area contributed by atoms with Crippen molar-refractivity contribution < 1.29 is 154 Å². The smallest absolute Gasteiger partial charge is 1.00 e. The monoisotopic (exact) mass is 890 g/mol. The second-order valence-electron chi connectivity index (χ2n) is 8.34. The molecule has 0 amide bonds. The number of ether oxygens (including phenoxy) is 2. The van der Waals surface area contributed by atoms with E-state index in [1.165, 1.54) is 54.5 Å². The second kappa shape index (κ2) is 28.2. The van der Waals surface area contributed by atoms with Crippen LogP contribution in [-0.2, 0) is 24.0 Å². The maximum Gasteiger partial charge on any atom is 1.00 e. The molecule has 5 aromatic rings. The Morgan fingerprint density at radius 3 is 1.67 bits per heavy atom. The van der Waals surface area contributed by atoms with Crippen molar-refractivity contribution >= 4 is 135 Å². The van der Waals surface area contributed by atoms with Crippen LogP contribution < -0.4 is 108 Å². The minimum atomic E-state index is -0.831. The SMILES string of the molecule is CCOC(=O)CS.CCOC(=O)c1cc2scc(C)c2s1.Cc1csc(C=O)c1Br.Cc1csc2cc(C(=O)O)sc12.O=CO[O-].[H-].[HH].[K+].[K+]. The summed E-state index contributed by atoms with van der Waals surface area (Å²) in [6, 6.07) is 3.65. The number of aryl methyl sites for hydroxylation is 3. The molecule has 48 heavy (non-hydrogen) atoms. The number of carboxylic acids is 1. The number of thiophene rings is 5. The fourth-order valence-corrected chi connectivity index (χ4v) is 8.87. The summed E-state index contributed by atoms with van der Waals surface area (Å²) in [6.45, 7) is 10.3. The quantitative estimate of drug-likeness (QED) is 0.0622. The van der Waals surface area contributed by atoms with E-state index >= 15 is 0 Å². The van der Waals surface area contributed by atoms with Crippen molar-refractivity contribution in [3.8, 4) is 0 Å². The van der Waals surface area contributed by atoms with E-state index in [9.17, 15) is 19.2 Å². The molecule has 0 saturated heterocycles. The van der Waals surface area contributed by atoms with Crippen molar-refractivity contribution in [1.29, 1.82) is 0 Å². The van der Waals surface area contributed by atoms with Crippen LogP contribution in [0.3, 0.4) is 0 Å². The first kappa shape index (κ1) is 50.7. The fraction of sp³-hybridized carbons (Fsp3) is 0.276. The average molecular weight is 892 g/mol. The molecule has 0 fully saturated rings. The molecular formula is C29H33BrK2O10S6. The summed E-state index contributed by atoms with van der Waals surface area (Å²) < 4.78 is 14.9. The number of esters is 2. The third kappa shape index (κ3) is 17.4. The van der Waals surface area contributed by atoms with E-state index in [0.717, 1.165) is 30.6 Å². The molecule has 0 aliphatic carbocycles. The Balaban J connectivity index is -0.000000272. The Labute approximate surface area is 399 Å². The number of thiol groups is 1. The molecule has 254 valence electrons. The second-order valence-corrected chi connectivity index (χ2v) is 14.3. The van der Waals surface area contributed by atoms with Crippen molar-refractivity contribution in [3.05, 3.63) is 64.1 Å². The summed E-state index contributed by atoms with van der Waals surface area (Å²) in [6.07, 6.45) is 0.863. The number of hydrogen-bond acceptors (Lipinski definition) is 15. The van der Waals surface area contributed by atoms with Crippen molar-refractivity contribution in [2.24, 2.45) is 0 Å². The molecular weight excluding hydrogens is 859 g/mol. The van der Waals surface area contributed by atoms with E-state index in [1.54, 1.807) is 35.7 Å². The Hall–Kier alpha value is 0.633. The van der Waals surface area contributed by atoms with Crippen molar-refractivity contribution in [1.82, 2.24) is 0 Å². The van der Waals surface area contributed by atoms with Gasteiger partial charge in [-0.25, -0.2) is 9.59 Å². The van der Waals surface area contributed by atoms with Crippen LogP contribution >= 0.6 is 85.2 Å². The largest absolute Gasteiger partial charge is 1.00 e. The van der Waals surface area contributed by atoms with Gasteiger partial charge in [0.05, 0.1) is 23.8 Å². The number of aromatic carboxylic acids is 1. The molecule has 0 radical (unpaired) electrons. The summed E-state index contributed by atoms with van der Waals surface area (Å²) in [7, 11) is 0. The fourth-order valence-electron chi connectivity index (χ4n) is 3.03. The van der Waals surface area contributed by atoms with Gasteiger partial charge in [0.1, 0.15) is 9.75 Å². The third-order valence-corrected chi connectivity index (χ3v) is 12.5. The van der Waals surface area contributed by atoms with Gasteiger partial charge in [-0.05, 0) is 95.5 Å². The molecule has 5 aromatic heterocycles. The minimum Gasteiger partial charge on any atom is -1.00 e. The summed E-state index contributed by atoms with van der Waals surface area (Å²) in [5.74, 6) is -1.12. The first-order valence-corrected chi connectivity index (χ1v) is 18.6. The maximum atomic E-state index is 11.4. The standard InChI is InChI=1S/C10H10O2S2.C8H6O2S2.C6H5BrOS.C4H8O2S.CH2O3.2K.H2.H/c1-3-12-10(11)8-4-7-9(14-8)6(2)5-13-7;1-4-3-11-5-2-6(8(9)10)12-7(4)5;1-4-3-9-5(2-8)6(4)7;1-2-6-4(5)3-7;2-1-4-3;;;;/h4-5H,3H2,1-2H3;2-3H,1H3,(H,9,10);2-3H,1H3;7H,2-3H2,1H3;1,3H;;;1H;/q;;;;;2*+1;;-1/p-1. The predicted octanol–water partition coefficient (Wildman–Crippen LogP) is 2.33. The van der Waals surface area contributed by atoms with Gasteiger partial charge in [-0.2, -0.15) is 12.6 Å². The Morgan fingerprint density at radius 2 is 1.35 bits per heavy atom. The van der Waals surface area contributed by atoms with Gasteiger partial charge in [-0.3, -0.25) is 14.4 Å². The summed E-state index contributed by atoms with van der Waals surface area (Å²) in [5.41, 5.74) is 3.54. The number of carboxylic acid groups (broad SMARTS) is 1. The molecule has 19 heteroatoms. The number of halogens is 1. The zero-order valence-electron chi connectivity index (χ0n) is 28.2. The van der Waals surface area contributed by atoms with Gasteiger partial charge in [0, 0.05) is 24.7 Å². The molecule has 1 N–H and O–H groups in total. The van der Waals surface area contributed by atoms with E-state index < -0.39 is 5.97 Å². The summed E-state index contributed by atoms with van der Waals surface area (Å²) >= 11 is 14.6. The van der Waals surface area contributed by atoms with Crippen LogP contribution in [0.1, 0.15) is 62.4 Å². The number of hydrogen-bond donors (Lipinski definition) is 2. The van der Waals surface area contributed by atoms with Crippen molar-refractivity contribution in [2.75, 3.05) is 19.0 Å². The Kier molecular flexibility index (Phi) is 29.8. The van der Waals surface area contributed by atoms with Crippen LogP contribution in [0.25, 0.3) is 18.8 Å². The third-order valence-electron chi connectivity index (χ3n) is 5.03. The first-order chi connectivity index (χ1) is 21.9. The van der Waals surface area contributed by atoms with Gasteiger partial charge in [0.15, 0.2) is 6.29 Å². The molecule has 0 aliphatic heterocycles. The van der Waals surface area contributed by atoms with Crippen LogP contribution in [0.5, 0.6) is 0 Å². The Morgan fingerprint density at radius 1 is 0.896 bits per heavy atom. The van der Waals surface area contributed by atoms with E-state index in [-0.39, 0.29) is 130 Å². The zero-order chi connectivity index (χ0) is 34.8. The van der Waals surface area contributed by atoms with E-state index in [0.29, 0.717) is 23.0 Å². The van der Waals surface area contributed by atoms with Gasteiger partial charge >= 0.3 is 121 Å². The summed E-state index contributed by atoms with van der Waals surface area (Å²) in [4.78, 5) is 55.5. The van der Waals surface area contributed by atoms with E-state index in [2.05, 4.69) is 50.5 Å². The van der Waals surface area contributed by atoms with Gasteiger partial charge in [-0.1, -0.05) is 0 Å². The van der Waals surface area contributed by atoms with Crippen molar-refractivity contribution in [3.63, 3.8) is 0 Å². The molecule has 0 aliphatic rings. The molecule has 0 unspecified atom stereocenters. The van der Waals surface area contributed by atoms with Gasteiger partial charge < -0.3 is 26.2 Å². The predicted molar refractivity (Wildman–Crippen MR) is 195 cm³/mol. The summed E-state index contributed by atoms with van der Waals surface area (Å²) in [5, 5.41) is 23.2. The maximum absolute atomic E-state index is 11.4. The van der Waals surface area contributed by atoms with Crippen LogP contribution in [0.4, 0.5) is 0 Å². The minimum absolute atomic E-state index is 0. The van der Waals surface area contributed by atoms with E-state index in [4.69, 9.17) is 19.9 Å². The average Bonchev–Trinajstić information content (AvgIpc) is 3.86. The number of carbonyl (C=O) groups excluding carboxylic acids is 4. The Bertz CT molecular complexity index is 1740. The number of aldehydes is 1. The molecule has 0 aromatic carbocycles. The van der Waals surface area contributed by atoms with Crippen LogP contribution in [-0.4, -0.2) is 54.7 Å². The van der Waals surface area contributed by atoms with E-state index in [1.807, 2.05) is 37.6 Å². The van der Waals surface area contributed by atoms with Crippen LogP contribution in [0, 0.1) is 20.8 Å². The molecule has 0 atom stereocenters. The number of rotatable bonds is 7. The van der Waals surface area contributed by atoms with Gasteiger partial charge in [0.2, 0.25) is 0 Å².